The predicted molar refractivity (Wildman–Crippen MR) is 131 cm³/mol. The van der Waals surface area contributed by atoms with Gasteiger partial charge in [0.2, 0.25) is 13.6 Å². The zero-order valence-corrected chi connectivity index (χ0v) is 20.3. The Labute approximate surface area is 217 Å². The van der Waals surface area contributed by atoms with Gasteiger partial charge in [-0.3, -0.25) is 0 Å². The first kappa shape index (κ1) is 24.3. The quantitative estimate of drug-likeness (QED) is 0.432. The summed E-state index contributed by atoms with van der Waals surface area (Å²) in [5.41, 5.74) is 0.0159. The molecule has 1 atom stereocenters. The Bertz CT molecular complexity index is 1280. The lowest BCUT2D eigenvalue weighted by atomic mass is 9.72. The number of ether oxygens (including phenoxy) is 5. The summed E-state index contributed by atoms with van der Waals surface area (Å²) in [5, 5.41) is 31.4. The molecule has 0 bridgehead atoms. The number of hydrogen-bond donors (Lipinski definition) is 3. The fourth-order valence-corrected chi connectivity index (χ4v) is 5.22. The molecule has 1 fully saturated rings. The largest absolute Gasteiger partial charge is 0.595 e. The van der Waals surface area contributed by atoms with Crippen LogP contribution in [0.15, 0.2) is 60.7 Å². The molecule has 3 aromatic carbocycles. The maximum Gasteiger partial charge on any atom is 0.415 e. The SMILES string of the molecule is O=C(Oc1ccc([NH+]([O-])O)cc1)N1CCC(C(O)(c2ccc3c(c2)OCO3)c2ccc3c(c2)OCO3)CC1. The predicted octanol–water partition coefficient (Wildman–Crippen LogP) is 2.69. The summed E-state index contributed by atoms with van der Waals surface area (Å²) < 4.78 is 27.5. The molecule has 11 heteroatoms. The maximum absolute atomic E-state index is 12.8. The first-order chi connectivity index (χ1) is 18.4. The van der Waals surface area contributed by atoms with E-state index in [9.17, 15) is 15.1 Å². The van der Waals surface area contributed by atoms with Crippen molar-refractivity contribution in [3.05, 3.63) is 77.0 Å². The van der Waals surface area contributed by atoms with Crippen molar-refractivity contribution in [2.24, 2.45) is 5.92 Å². The number of amides is 1. The first-order valence-electron chi connectivity index (χ1n) is 12.2. The van der Waals surface area contributed by atoms with Crippen molar-refractivity contribution in [2.75, 3.05) is 26.7 Å². The Kier molecular flexibility index (Phi) is 6.20. The number of fused-ring (bicyclic) bond motifs is 2. The molecule has 0 aromatic heterocycles. The number of carbonyl (C=O) groups is 1. The van der Waals surface area contributed by atoms with Crippen LogP contribution >= 0.6 is 0 Å². The number of nitrogens with zero attached hydrogens (tertiary/aromatic N) is 1. The lowest BCUT2D eigenvalue weighted by molar-refractivity contribution is -0.991. The molecule has 1 saturated heterocycles. The lowest BCUT2D eigenvalue weighted by Crippen LogP contribution is -2.99. The number of likely N-dealkylation sites (tertiary alicyclic amines) is 1. The molecule has 3 aliphatic rings. The molecule has 0 aliphatic carbocycles. The van der Waals surface area contributed by atoms with Crippen LogP contribution in [-0.2, 0) is 5.60 Å². The van der Waals surface area contributed by atoms with E-state index in [2.05, 4.69) is 0 Å². The number of hydrogen-bond acceptors (Lipinski definition) is 9. The molecule has 0 spiro atoms. The third-order valence-electron chi connectivity index (χ3n) is 7.28. The minimum absolute atomic E-state index is 0.108. The second kappa shape index (κ2) is 9.69. The molecule has 3 N–H and O–H groups in total. The number of carbonyl (C=O) groups excluding carboxylic acids is 1. The van der Waals surface area contributed by atoms with Gasteiger partial charge in [0.25, 0.3) is 0 Å². The van der Waals surface area contributed by atoms with Crippen molar-refractivity contribution >= 4 is 11.8 Å². The van der Waals surface area contributed by atoms with Gasteiger partial charge in [-0.15, -0.1) is 0 Å². The smallest absolute Gasteiger partial charge is 0.415 e. The van der Waals surface area contributed by atoms with E-state index >= 15 is 0 Å². The number of quaternary nitrogens is 1. The second-order valence-electron chi connectivity index (χ2n) is 9.36. The third-order valence-corrected chi connectivity index (χ3v) is 7.28. The van der Waals surface area contributed by atoms with E-state index in [4.69, 9.17) is 28.9 Å². The van der Waals surface area contributed by atoms with Crippen molar-refractivity contribution < 1.29 is 44.0 Å². The van der Waals surface area contributed by atoms with Crippen LogP contribution in [0.3, 0.4) is 0 Å². The normalized spacial score (nSPS) is 17.4. The summed E-state index contributed by atoms with van der Waals surface area (Å²) in [6, 6.07) is 16.5. The van der Waals surface area contributed by atoms with Gasteiger partial charge < -0.3 is 38.9 Å². The van der Waals surface area contributed by atoms with Crippen LogP contribution in [0.2, 0.25) is 0 Å². The zero-order chi connectivity index (χ0) is 26.3. The van der Waals surface area contributed by atoms with Crippen LogP contribution in [0.1, 0.15) is 24.0 Å². The van der Waals surface area contributed by atoms with E-state index in [0.29, 0.717) is 60.1 Å². The highest BCUT2D eigenvalue weighted by Crippen LogP contribution is 2.47. The summed E-state index contributed by atoms with van der Waals surface area (Å²) >= 11 is 0. The monoisotopic (exact) mass is 522 g/mol. The Hall–Kier alpha value is -4.03. The van der Waals surface area contributed by atoms with Crippen LogP contribution in [0, 0.1) is 11.1 Å². The average molecular weight is 523 g/mol. The first-order valence-corrected chi connectivity index (χ1v) is 12.2. The molecule has 11 nitrogen and oxygen atoms in total. The molecule has 1 amide bonds. The van der Waals surface area contributed by atoms with Crippen LogP contribution in [0.25, 0.3) is 0 Å². The molecule has 198 valence electrons. The van der Waals surface area contributed by atoms with Crippen molar-refractivity contribution in [2.45, 2.75) is 18.4 Å². The van der Waals surface area contributed by atoms with Crippen LogP contribution < -0.4 is 28.9 Å². The van der Waals surface area contributed by atoms with E-state index in [1.165, 1.54) is 24.3 Å². The summed E-state index contributed by atoms with van der Waals surface area (Å²) in [5.74, 6) is 2.40. The van der Waals surface area contributed by atoms with Gasteiger partial charge in [0.05, 0.1) is 0 Å². The van der Waals surface area contributed by atoms with Gasteiger partial charge in [-0.1, -0.05) is 12.1 Å². The second-order valence-corrected chi connectivity index (χ2v) is 9.36. The van der Waals surface area contributed by atoms with E-state index in [1.54, 1.807) is 29.2 Å². The number of piperidine rings is 1. The fourth-order valence-electron chi connectivity index (χ4n) is 5.22. The summed E-state index contributed by atoms with van der Waals surface area (Å²) in [6.45, 7) is 0.990. The molecule has 1 unspecified atom stereocenters. The Morgan fingerprint density at radius 3 is 1.92 bits per heavy atom. The van der Waals surface area contributed by atoms with Crippen LogP contribution in [0.5, 0.6) is 28.7 Å². The van der Waals surface area contributed by atoms with E-state index in [0.717, 1.165) is 0 Å². The van der Waals surface area contributed by atoms with Crippen LogP contribution in [-0.4, -0.2) is 48.0 Å². The topological polar surface area (TPSA) is 134 Å². The highest BCUT2D eigenvalue weighted by molar-refractivity contribution is 5.71. The summed E-state index contributed by atoms with van der Waals surface area (Å²) in [4.78, 5) is 14.4. The number of rotatable bonds is 5. The number of nitrogens with one attached hydrogen (secondary N) is 1. The highest BCUT2D eigenvalue weighted by Gasteiger charge is 2.44. The van der Waals surface area contributed by atoms with Crippen molar-refractivity contribution in [1.82, 2.24) is 4.90 Å². The highest BCUT2D eigenvalue weighted by atomic mass is 16.8. The Morgan fingerprint density at radius 2 is 1.39 bits per heavy atom. The molecule has 3 heterocycles. The maximum atomic E-state index is 12.8. The van der Waals surface area contributed by atoms with E-state index in [1.807, 2.05) is 12.1 Å². The lowest BCUT2D eigenvalue weighted by Gasteiger charge is -2.42. The standard InChI is InChI=1S/C27H26N2O9/c30-26(38-21-5-3-20(4-6-21)29(32)33)28-11-9-17(10-12-28)27(31,18-1-7-22-24(13-18)36-15-34-22)19-2-8-23-25(14-19)37-16-35-23/h1-8,13-14,17,29,31-32H,9-12,15-16H2. The Balaban J connectivity index is 1.22. The number of aliphatic hydroxyl groups is 1. The molecule has 3 aliphatic heterocycles. The van der Waals surface area contributed by atoms with Crippen molar-refractivity contribution in [3.8, 4) is 28.7 Å². The van der Waals surface area contributed by atoms with Gasteiger partial charge in [0.15, 0.2) is 28.7 Å². The molecule has 0 radical (unpaired) electrons. The van der Waals surface area contributed by atoms with Crippen LogP contribution in [0.4, 0.5) is 10.5 Å². The molecule has 38 heavy (non-hydrogen) atoms. The summed E-state index contributed by atoms with van der Waals surface area (Å²) in [6.07, 6.45) is 0.486. The van der Waals surface area contributed by atoms with E-state index in [-0.39, 0.29) is 30.9 Å². The fraction of sp³-hybridized carbons (Fsp3) is 0.296. The average Bonchev–Trinajstić information content (AvgIpc) is 3.61. The van der Waals surface area contributed by atoms with Gasteiger partial charge in [-0.05, 0) is 66.3 Å². The minimum atomic E-state index is -1.40. The Morgan fingerprint density at radius 1 is 0.868 bits per heavy atom. The third kappa shape index (κ3) is 4.35. The zero-order valence-electron chi connectivity index (χ0n) is 20.3. The van der Waals surface area contributed by atoms with Gasteiger partial charge in [-0.2, -0.15) is 5.23 Å². The minimum Gasteiger partial charge on any atom is -0.595 e. The van der Waals surface area contributed by atoms with Crippen molar-refractivity contribution in [3.63, 3.8) is 0 Å². The van der Waals surface area contributed by atoms with Gasteiger partial charge in [0, 0.05) is 25.2 Å². The van der Waals surface area contributed by atoms with Gasteiger partial charge in [0.1, 0.15) is 11.4 Å². The van der Waals surface area contributed by atoms with E-state index < -0.39 is 16.9 Å². The molecular weight excluding hydrogens is 496 g/mol. The summed E-state index contributed by atoms with van der Waals surface area (Å²) in [7, 11) is 0. The number of benzene rings is 3. The van der Waals surface area contributed by atoms with Gasteiger partial charge >= 0.3 is 6.09 Å². The van der Waals surface area contributed by atoms with Crippen molar-refractivity contribution in [1.29, 1.82) is 0 Å². The molecular formula is C27H26N2O9. The molecule has 3 aromatic rings. The molecule has 0 saturated carbocycles. The molecule has 6 rings (SSSR count). The van der Waals surface area contributed by atoms with Gasteiger partial charge in [-0.25, -0.2) is 10.0 Å².